The van der Waals surface area contributed by atoms with Crippen LogP contribution >= 0.6 is 0 Å². The normalized spacial score (nSPS) is 11.2. The Morgan fingerprint density at radius 1 is 1.19 bits per heavy atom. The van der Waals surface area contributed by atoms with Crippen LogP contribution in [0.25, 0.3) is 0 Å². The van der Waals surface area contributed by atoms with E-state index in [1.165, 1.54) is 24.3 Å². The third-order valence-electron chi connectivity index (χ3n) is 1.77. The van der Waals surface area contributed by atoms with Crippen LogP contribution in [0, 0.1) is 5.82 Å². The zero-order valence-corrected chi connectivity index (χ0v) is 8.05. The Hall–Kier alpha value is -1.59. The highest BCUT2D eigenvalue weighted by Gasteiger charge is 2.40. The van der Waals surface area contributed by atoms with E-state index in [9.17, 15) is 22.4 Å². The number of halogens is 4. The molecule has 88 valence electrons. The SMILES string of the molecule is O=C(OCCc1ccc(F)cc1)C(F)(F)F. The van der Waals surface area contributed by atoms with E-state index in [1.54, 1.807) is 0 Å². The van der Waals surface area contributed by atoms with E-state index in [0.717, 1.165) is 0 Å². The first-order valence-electron chi connectivity index (χ1n) is 4.38. The Morgan fingerprint density at radius 3 is 2.25 bits per heavy atom. The fourth-order valence-corrected chi connectivity index (χ4v) is 0.994. The maximum absolute atomic E-state index is 12.5. The lowest BCUT2D eigenvalue weighted by molar-refractivity contribution is -0.199. The standard InChI is InChI=1S/C10H8F4O2/c11-8-3-1-7(2-4-8)5-6-16-9(15)10(12,13)14/h1-4H,5-6H2. The predicted octanol–water partition coefficient (Wildman–Crippen LogP) is 2.47. The molecule has 0 aliphatic heterocycles. The Labute approximate surface area is 88.8 Å². The number of esters is 1. The molecule has 0 unspecified atom stereocenters. The molecule has 0 atom stereocenters. The summed E-state index contributed by atoms with van der Waals surface area (Å²) < 4.78 is 51.6. The number of benzene rings is 1. The van der Waals surface area contributed by atoms with Gasteiger partial charge in [0.15, 0.2) is 0 Å². The Kier molecular flexibility index (Phi) is 3.87. The maximum Gasteiger partial charge on any atom is 0.490 e. The molecule has 6 heteroatoms. The molecule has 0 saturated carbocycles. The molecule has 0 aliphatic rings. The van der Waals surface area contributed by atoms with Gasteiger partial charge in [-0.1, -0.05) is 12.1 Å². The fraction of sp³-hybridized carbons (Fsp3) is 0.300. The number of carbonyl (C=O) groups excluding carboxylic acids is 1. The summed E-state index contributed by atoms with van der Waals surface area (Å²) in [7, 11) is 0. The van der Waals surface area contributed by atoms with Crippen LogP contribution in [0.5, 0.6) is 0 Å². The van der Waals surface area contributed by atoms with Crippen molar-refractivity contribution in [2.75, 3.05) is 6.61 Å². The van der Waals surface area contributed by atoms with E-state index in [2.05, 4.69) is 4.74 Å². The summed E-state index contributed by atoms with van der Waals surface area (Å²) >= 11 is 0. The molecule has 0 heterocycles. The van der Waals surface area contributed by atoms with Crippen molar-refractivity contribution in [3.63, 3.8) is 0 Å². The summed E-state index contributed by atoms with van der Waals surface area (Å²) in [5.41, 5.74) is 0.594. The van der Waals surface area contributed by atoms with Crippen molar-refractivity contribution in [1.82, 2.24) is 0 Å². The molecule has 0 radical (unpaired) electrons. The lowest BCUT2D eigenvalue weighted by atomic mass is 10.2. The molecule has 16 heavy (non-hydrogen) atoms. The minimum Gasteiger partial charge on any atom is -0.459 e. The van der Waals surface area contributed by atoms with E-state index in [4.69, 9.17) is 0 Å². The molecule has 0 amide bonds. The molecule has 1 aromatic carbocycles. The molecule has 0 fully saturated rings. The van der Waals surface area contributed by atoms with E-state index in [0.29, 0.717) is 5.56 Å². The van der Waals surface area contributed by atoms with Crippen LogP contribution in [0.1, 0.15) is 5.56 Å². The van der Waals surface area contributed by atoms with Crippen molar-refractivity contribution in [3.8, 4) is 0 Å². The fourth-order valence-electron chi connectivity index (χ4n) is 0.994. The zero-order valence-electron chi connectivity index (χ0n) is 8.05. The quantitative estimate of drug-likeness (QED) is 0.595. The number of rotatable bonds is 3. The topological polar surface area (TPSA) is 26.3 Å². The van der Waals surface area contributed by atoms with Gasteiger partial charge in [-0.15, -0.1) is 0 Å². The lowest BCUT2D eigenvalue weighted by Gasteiger charge is -2.06. The summed E-state index contributed by atoms with van der Waals surface area (Å²) in [6, 6.07) is 5.19. The molecular formula is C10H8F4O2. The molecule has 1 aromatic rings. The number of alkyl halides is 3. The van der Waals surface area contributed by atoms with Crippen molar-refractivity contribution in [3.05, 3.63) is 35.6 Å². The molecule has 0 saturated heterocycles. The highest BCUT2D eigenvalue weighted by Crippen LogP contribution is 2.16. The van der Waals surface area contributed by atoms with Crippen LogP contribution in [-0.4, -0.2) is 18.8 Å². The second kappa shape index (κ2) is 4.96. The van der Waals surface area contributed by atoms with Gasteiger partial charge in [0, 0.05) is 6.42 Å². The predicted molar refractivity (Wildman–Crippen MR) is 47.1 cm³/mol. The van der Waals surface area contributed by atoms with Gasteiger partial charge in [0.1, 0.15) is 5.82 Å². The minimum absolute atomic E-state index is 0.113. The molecule has 0 aliphatic carbocycles. The third kappa shape index (κ3) is 3.88. The second-order valence-corrected chi connectivity index (χ2v) is 3.01. The van der Waals surface area contributed by atoms with Gasteiger partial charge < -0.3 is 4.74 Å². The first-order valence-corrected chi connectivity index (χ1v) is 4.38. The van der Waals surface area contributed by atoms with Gasteiger partial charge in [-0.25, -0.2) is 9.18 Å². The molecule has 0 aromatic heterocycles. The Morgan fingerprint density at radius 2 is 1.75 bits per heavy atom. The maximum atomic E-state index is 12.5. The molecule has 0 bridgehead atoms. The van der Waals surface area contributed by atoms with Gasteiger partial charge in [-0.2, -0.15) is 13.2 Å². The largest absolute Gasteiger partial charge is 0.490 e. The van der Waals surface area contributed by atoms with Gasteiger partial charge in [0.05, 0.1) is 6.61 Å². The van der Waals surface area contributed by atoms with Gasteiger partial charge in [-0.3, -0.25) is 0 Å². The Bertz CT molecular complexity index is 356. The van der Waals surface area contributed by atoms with E-state index < -0.39 is 18.0 Å². The number of carbonyl (C=O) groups is 1. The smallest absolute Gasteiger partial charge is 0.459 e. The van der Waals surface area contributed by atoms with Crippen LogP contribution in [0.2, 0.25) is 0 Å². The number of hydrogen-bond donors (Lipinski definition) is 0. The molecule has 2 nitrogen and oxygen atoms in total. The second-order valence-electron chi connectivity index (χ2n) is 3.01. The van der Waals surface area contributed by atoms with Gasteiger partial charge >= 0.3 is 12.1 Å². The summed E-state index contributed by atoms with van der Waals surface area (Å²) in [5.74, 6) is -2.65. The molecule has 0 spiro atoms. The minimum atomic E-state index is -4.97. The number of ether oxygens (including phenoxy) is 1. The highest BCUT2D eigenvalue weighted by molar-refractivity contribution is 5.75. The van der Waals surface area contributed by atoms with Crippen molar-refractivity contribution < 1.29 is 27.1 Å². The van der Waals surface area contributed by atoms with Gasteiger partial charge in [0.25, 0.3) is 0 Å². The zero-order chi connectivity index (χ0) is 12.2. The average molecular weight is 236 g/mol. The van der Waals surface area contributed by atoms with E-state index in [-0.39, 0.29) is 13.0 Å². The van der Waals surface area contributed by atoms with Crippen molar-refractivity contribution in [2.45, 2.75) is 12.6 Å². The van der Waals surface area contributed by atoms with Crippen LogP contribution in [0.3, 0.4) is 0 Å². The van der Waals surface area contributed by atoms with Crippen LogP contribution in [0.15, 0.2) is 24.3 Å². The molecule has 1 rings (SSSR count). The molecular weight excluding hydrogens is 228 g/mol. The van der Waals surface area contributed by atoms with Gasteiger partial charge in [-0.05, 0) is 17.7 Å². The summed E-state index contributed by atoms with van der Waals surface area (Å²) in [6.45, 7) is -0.385. The van der Waals surface area contributed by atoms with Gasteiger partial charge in [0.2, 0.25) is 0 Å². The first kappa shape index (κ1) is 12.5. The van der Waals surface area contributed by atoms with Crippen molar-refractivity contribution >= 4 is 5.97 Å². The van der Waals surface area contributed by atoms with Crippen LogP contribution in [0.4, 0.5) is 17.6 Å². The summed E-state index contributed by atoms with van der Waals surface area (Å²) in [6.07, 6.45) is -4.86. The lowest BCUT2D eigenvalue weighted by Crippen LogP contribution is -2.26. The number of hydrogen-bond acceptors (Lipinski definition) is 2. The highest BCUT2D eigenvalue weighted by atomic mass is 19.4. The van der Waals surface area contributed by atoms with Crippen molar-refractivity contribution in [2.24, 2.45) is 0 Å². The molecule has 0 N–H and O–H groups in total. The first-order chi connectivity index (χ1) is 7.39. The third-order valence-corrected chi connectivity index (χ3v) is 1.77. The average Bonchev–Trinajstić information content (AvgIpc) is 2.19. The van der Waals surface area contributed by atoms with Crippen LogP contribution in [-0.2, 0) is 16.0 Å². The Balaban J connectivity index is 2.36. The van der Waals surface area contributed by atoms with E-state index in [1.807, 2.05) is 0 Å². The van der Waals surface area contributed by atoms with Crippen LogP contribution < -0.4 is 0 Å². The van der Waals surface area contributed by atoms with E-state index >= 15 is 0 Å². The monoisotopic (exact) mass is 236 g/mol. The van der Waals surface area contributed by atoms with Crippen molar-refractivity contribution in [1.29, 1.82) is 0 Å². The summed E-state index contributed by atoms with van der Waals surface area (Å²) in [4.78, 5) is 10.3. The summed E-state index contributed by atoms with van der Waals surface area (Å²) in [5, 5.41) is 0.